The fourth-order valence-electron chi connectivity index (χ4n) is 2.86. The van der Waals surface area contributed by atoms with E-state index in [4.69, 9.17) is 11.6 Å². The fourth-order valence-corrected chi connectivity index (χ4v) is 4.47. The van der Waals surface area contributed by atoms with Gasteiger partial charge in [0.2, 0.25) is 0 Å². The van der Waals surface area contributed by atoms with Crippen LogP contribution in [0.25, 0.3) is 0 Å². The summed E-state index contributed by atoms with van der Waals surface area (Å²) in [6.45, 7) is 8.13. The van der Waals surface area contributed by atoms with Crippen LogP contribution in [0, 0.1) is 5.41 Å². The summed E-state index contributed by atoms with van der Waals surface area (Å²) in [7, 11) is 0. The van der Waals surface area contributed by atoms with Crippen molar-refractivity contribution in [1.82, 2.24) is 5.32 Å². The lowest BCUT2D eigenvalue weighted by Crippen LogP contribution is -2.43. The molecule has 0 bridgehead atoms. The number of hydrogen-bond donors (Lipinski definition) is 1. The van der Waals surface area contributed by atoms with Crippen LogP contribution in [-0.2, 0) is 0 Å². The first-order valence-corrected chi connectivity index (χ1v) is 8.44. The molecule has 0 saturated heterocycles. The number of nitrogens with one attached hydrogen (secondary N) is 1. The summed E-state index contributed by atoms with van der Waals surface area (Å²) in [6.07, 6.45) is 3.80. The first-order valence-electron chi connectivity index (χ1n) is 7.18. The highest BCUT2D eigenvalue weighted by atomic mass is 35.5. The third kappa shape index (κ3) is 3.90. The summed E-state index contributed by atoms with van der Waals surface area (Å²) in [6, 6.07) is 8.84. The van der Waals surface area contributed by atoms with E-state index >= 15 is 0 Å². The largest absolute Gasteiger partial charge is 0.312 e. The Morgan fingerprint density at radius 1 is 1.32 bits per heavy atom. The monoisotopic (exact) mass is 297 g/mol. The average Bonchev–Trinajstić information content (AvgIpc) is 2.65. The molecule has 3 heteroatoms. The SMILES string of the molecule is CCCNC1C(Sc2ccc(Cl)cc2)CCC1(C)C. The Hall–Kier alpha value is -0.180. The van der Waals surface area contributed by atoms with E-state index in [9.17, 15) is 0 Å². The minimum atomic E-state index is 0.402. The van der Waals surface area contributed by atoms with Crippen molar-refractivity contribution in [3.05, 3.63) is 29.3 Å². The second kappa shape index (κ2) is 6.51. The molecule has 1 saturated carbocycles. The summed E-state index contributed by atoms with van der Waals surface area (Å²) in [5.41, 5.74) is 0.402. The third-order valence-electron chi connectivity index (χ3n) is 4.00. The Morgan fingerprint density at radius 2 is 2.00 bits per heavy atom. The van der Waals surface area contributed by atoms with Crippen LogP contribution in [0.5, 0.6) is 0 Å². The summed E-state index contributed by atoms with van der Waals surface area (Å²) in [4.78, 5) is 1.33. The van der Waals surface area contributed by atoms with Crippen LogP contribution in [0.15, 0.2) is 29.2 Å². The van der Waals surface area contributed by atoms with E-state index in [1.54, 1.807) is 0 Å². The summed E-state index contributed by atoms with van der Waals surface area (Å²) >= 11 is 7.95. The van der Waals surface area contributed by atoms with E-state index < -0.39 is 0 Å². The molecule has 0 radical (unpaired) electrons. The van der Waals surface area contributed by atoms with Gasteiger partial charge in [0.05, 0.1) is 0 Å². The van der Waals surface area contributed by atoms with Gasteiger partial charge in [-0.05, 0) is 55.5 Å². The van der Waals surface area contributed by atoms with Gasteiger partial charge in [-0.3, -0.25) is 0 Å². The maximum Gasteiger partial charge on any atom is 0.0406 e. The minimum absolute atomic E-state index is 0.402. The quantitative estimate of drug-likeness (QED) is 0.822. The number of benzene rings is 1. The van der Waals surface area contributed by atoms with E-state index in [0.717, 1.165) is 11.6 Å². The first kappa shape index (κ1) is 15.2. The van der Waals surface area contributed by atoms with Gasteiger partial charge in [0.15, 0.2) is 0 Å². The standard InChI is InChI=1S/C16H24ClNS/c1-4-11-18-15-14(9-10-16(15,2)3)19-13-7-5-12(17)6-8-13/h5-8,14-15,18H,4,9-11H2,1-3H3. The van der Waals surface area contributed by atoms with Crippen LogP contribution in [-0.4, -0.2) is 17.8 Å². The maximum atomic E-state index is 5.95. The van der Waals surface area contributed by atoms with Gasteiger partial charge in [-0.15, -0.1) is 11.8 Å². The van der Waals surface area contributed by atoms with Crippen LogP contribution < -0.4 is 5.32 Å². The van der Waals surface area contributed by atoms with Gasteiger partial charge >= 0.3 is 0 Å². The molecule has 19 heavy (non-hydrogen) atoms. The van der Waals surface area contributed by atoms with Crippen molar-refractivity contribution in [2.45, 2.75) is 56.2 Å². The van der Waals surface area contributed by atoms with Crippen molar-refractivity contribution in [2.24, 2.45) is 5.41 Å². The maximum absolute atomic E-state index is 5.95. The first-order chi connectivity index (χ1) is 9.03. The van der Waals surface area contributed by atoms with E-state index in [1.165, 1.54) is 24.2 Å². The summed E-state index contributed by atoms with van der Waals surface area (Å²) in [5.74, 6) is 0. The predicted octanol–water partition coefficient (Wildman–Crippen LogP) is 4.99. The Kier molecular flexibility index (Phi) is 5.22. The van der Waals surface area contributed by atoms with Crippen LogP contribution in [0.3, 0.4) is 0 Å². The lowest BCUT2D eigenvalue weighted by molar-refractivity contribution is 0.287. The average molecular weight is 298 g/mol. The highest BCUT2D eigenvalue weighted by Crippen LogP contribution is 2.45. The number of hydrogen-bond acceptors (Lipinski definition) is 2. The van der Waals surface area contributed by atoms with Gasteiger partial charge in [0.25, 0.3) is 0 Å². The molecule has 0 aliphatic heterocycles. The zero-order valence-electron chi connectivity index (χ0n) is 12.1. The molecule has 2 atom stereocenters. The second-order valence-electron chi connectivity index (χ2n) is 6.07. The van der Waals surface area contributed by atoms with Gasteiger partial charge in [0, 0.05) is 21.2 Å². The second-order valence-corrected chi connectivity index (χ2v) is 7.82. The van der Waals surface area contributed by atoms with Crippen molar-refractivity contribution >= 4 is 23.4 Å². The van der Waals surface area contributed by atoms with E-state index in [1.807, 2.05) is 23.9 Å². The number of rotatable bonds is 5. The molecule has 1 aromatic carbocycles. The van der Waals surface area contributed by atoms with Gasteiger partial charge in [-0.25, -0.2) is 0 Å². The highest BCUT2D eigenvalue weighted by molar-refractivity contribution is 8.00. The number of thioether (sulfide) groups is 1. The summed E-state index contributed by atoms with van der Waals surface area (Å²) in [5, 5.41) is 5.24. The molecular weight excluding hydrogens is 274 g/mol. The molecule has 0 amide bonds. The molecule has 0 spiro atoms. The minimum Gasteiger partial charge on any atom is -0.312 e. The molecule has 1 fully saturated rings. The number of halogens is 1. The molecule has 1 aliphatic carbocycles. The molecule has 1 aromatic rings. The Bertz CT molecular complexity index is 402. The molecule has 106 valence electrons. The van der Waals surface area contributed by atoms with E-state index in [2.05, 4.69) is 38.2 Å². The molecule has 1 nitrogen and oxygen atoms in total. The van der Waals surface area contributed by atoms with Gasteiger partial charge in [-0.2, -0.15) is 0 Å². The van der Waals surface area contributed by atoms with Crippen molar-refractivity contribution < 1.29 is 0 Å². The Labute approximate surface area is 126 Å². The van der Waals surface area contributed by atoms with Crippen molar-refractivity contribution in [1.29, 1.82) is 0 Å². The Morgan fingerprint density at radius 3 is 2.63 bits per heavy atom. The highest BCUT2D eigenvalue weighted by Gasteiger charge is 2.41. The van der Waals surface area contributed by atoms with Crippen LogP contribution in [0.1, 0.15) is 40.0 Å². The zero-order valence-corrected chi connectivity index (χ0v) is 13.7. The predicted molar refractivity (Wildman–Crippen MR) is 86.2 cm³/mol. The van der Waals surface area contributed by atoms with Crippen LogP contribution in [0.4, 0.5) is 0 Å². The molecule has 2 unspecified atom stereocenters. The van der Waals surface area contributed by atoms with E-state index in [-0.39, 0.29) is 0 Å². The van der Waals surface area contributed by atoms with Gasteiger partial charge in [0.1, 0.15) is 0 Å². The molecule has 0 heterocycles. The molecule has 1 N–H and O–H groups in total. The summed E-state index contributed by atoms with van der Waals surface area (Å²) < 4.78 is 0. The molecule has 2 rings (SSSR count). The van der Waals surface area contributed by atoms with Crippen LogP contribution >= 0.6 is 23.4 Å². The van der Waals surface area contributed by atoms with Gasteiger partial charge in [-0.1, -0.05) is 32.4 Å². The fraction of sp³-hybridized carbons (Fsp3) is 0.625. The lowest BCUT2D eigenvalue weighted by atomic mass is 9.87. The van der Waals surface area contributed by atoms with Crippen molar-refractivity contribution in [2.75, 3.05) is 6.54 Å². The topological polar surface area (TPSA) is 12.0 Å². The Balaban J connectivity index is 2.03. The molecular formula is C16H24ClNS. The van der Waals surface area contributed by atoms with E-state index in [0.29, 0.717) is 16.7 Å². The molecule has 0 aromatic heterocycles. The third-order valence-corrected chi connectivity index (χ3v) is 5.61. The van der Waals surface area contributed by atoms with Gasteiger partial charge < -0.3 is 5.32 Å². The zero-order chi connectivity index (χ0) is 13.9. The van der Waals surface area contributed by atoms with Crippen molar-refractivity contribution in [3.63, 3.8) is 0 Å². The smallest absolute Gasteiger partial charge is 0.0406 e. The normalized spacial score (nSPS) is 25.7. The lowest BCUT2D eigenvalue weighted by Gasteiger charge is -2.31. The van der Waals surface area contributed by atoms with Crippen LogP contribution in [0.2, 0.25) is 5.02 Å². The van der Waals surface area contributed by atoms with Crippen molar-refractivity contribution in [3.8, 4) is 0 Å². The molecule has 1 aliphatic rings.